The van der Waals surface area contributed by atoms with E-state index >= 15 is 0 Å². The van der Waals surface area contributed by atoms with Crippen LogP contribution in [0.4, 0.5) is 15.9 Å². The van der Waals surface area contributed by atoms with Gasteiger partial charge < -0.3 is 10.1 Å². The molecule has 11 heteroatoms. The molecule has 1 aliphatic rings. The molecule has 0 unspecified atom stereocenters. The van der Waals surface area contributed by atoms with Gasteiger partial charge in [0.05, 0.1) is 25.3 Å². The van der Waals surface area contributed by atoms with Crippen molar-refractivity contribution in [1.29, 1.82) is 0 Å². The van der Waals surface area contributed by atoms with Crippen LogP contribution in [0.15, 0.2) is 41.4 Å². The molecule has 3 aromatic rings. The summed E-state index contributed by atoms with van der Waals surface area (Å²) in [6.45, 7) is 2.66. The number of anilines is 1. The van der Waals surface area contributed by atoms with Gasteiger partial charge in [-0.3, -0.25) is 20.1 Å². The number of fused-ring (bicyclic) bond motifs is 1. The molecular formula is C20H19Cl2FN6O2. The van der Waals surface area contributed by atoms with Crippen LogP contribution in [0.2, 0.25) is 10.0 Å². The molecule has 0 bridgehead atoms. The van der Waals surface area contributed by atoms with E-state index in [-0.39, 0.29) is 23.4 Å². The van der Waals surface area contributed by atoms with Crippen LogP contribution in [-0.2, 0) is 9.53 Å². The van der Waals surface area contributed by atoms with Gasteiger partial charge in [-0.15, -0.1) is 0 Å². The molecule has 1 aromatic heterocycles. The molecule has 0 atom stereocenters. The second kappa shape index (κ2) is 9.61. The number of H-pyrrole nitrogens is 1. The van der Waals surface area contributed by atoms with E-state index in [0.29, 0.717) is 53.7 Å². The van der Waals surface area contributed by atoms with Crippen molar-refractivity contribution in [2.45, 2.75) is 0 Å². The van der Waals surface area contributed by atoms with E-state index in [9.17, 15) is 9.18 Å². The van der Waals surface area contributed by atoms with E-state index < -0.39 is 5.82 Å². The van der Waals surface area contributed by atoms with Gasteiger partial charge in [0.1, 0.15) is 5.82 Å². The quantitative estimate of drug-likeness (QED) is 0.405. The molecule has 4 rings (SSSR count). The molecule has 1 saturated heterocycles. The number of aromatic amines is 1. The molecule has 162 valence electrons. The van der Waals surface area contributed by atoms with Gasteiger partial charge in [0.2, 0.25) is 11.9 Å². The van der Waals surface area contributed by atoms with Gasteiger partial charge in [-0.25, -0.2) is 4.39 Å². The Balaban J connectivity index is 1.60. The molecule has 2 aromatic carbocycles. The Kier molecular flexibility index (Phi) is 6.67. The minimum atomic E-state index is -0.520. The zero-order valence-corrected chi connectivity index (χ0v) is 17.8. The molecule has 0 aliphatic carbocycles. The van der Waals surface area contributed by atoms with Gasteiger partial charge in [0, 0.05) is 34.2 Å². The first-order valence-corrected chi connectivity index (χ1v) is 10.3. The molecule has 0 saturated carbocycles. The number of ether oxygens (including phenoxy) is 1. The molecule has 2 heterocycles. The summed E-state index contributed by atoms with van der Waals surface area (Å²) in [6.07, 6.45) is 0. The number of hydrogen-bond acceptors (Lipinski definition) is 5. The number of guanidine groups is 1. The minimum Gasteiger partial charge on any atom is -0.379 e. The molecule has 1 aliphatic heterocycles. The number of amides is 1. The maximum Gasteiger partial charge on any atom is 0.240 e. The number of benzene rings is 2. The van der Waals surface area contributed by atoms with Gasteiger partial charge >= 0.3 is 0 Å². The minimum absolute atomic E-state index is 0.0864. The van der Waals surface area contributed by atoms with Crippen molar-refractivity contribution in [2.24, 2.45) is 4.99 Å². The number of carbonyl (C=O) groups excluding carboxylic acids is 1. The normalized spacial score (nSPS) is 15.3. The molecular weight excluding hydrogens is 446 g/mol. The molecule has 3 N–H and O–H groups in total. The van der Waals surface area contributed by atoms with Crippen LogP contribution in [0, 0.1) is 5.82 Å². The lowest BCUT2D eigenvalue weighted by Crippen LogP contribution is -2.46. The zero-order valence-electron chi connectivity index (χ0n) is 16.3. The third-order valence-corrected chi connectivity index (χ3v) is 5.03. The Labute approximate surface area is 187 Å². The monoisotopic (exact) mass is 464 g/mol. The third kappa shape index (κ3) is 5.71. The third-order valence-electron chi connectivity index (χ3n) is 4.58. The smallest absolute Gasteiger partial charge is 0.240 e. The van der Waals surface area contributed by atoms with Crippen LogP contribution in [0.1, 0.15) is 0 Å². The first kappa shape index (κ1) is 21.5. The first-order chi connectivity index (χ1) is 15.0. The standard InChI is InChI=1S/C20H19Cl2FN6O2/c21-12-1-2-16-17(9-12)27-28-19(16)26-20(24-15-8-13(22)7-14(23)10-15)25-18(30)11-29-3-5-31-6-4-29/h1-2,7-10H,3-6,11H2,(H3,24,25,26,27,28,30). The SMILES string of the molecule is O=C(CN1CCOCC1)NC(=Nc1n[nH]c2cc(Cl)ccc12)Nc1cc(F)cc(Cl)c1. The van der Waals surface area contributed by atoms with Gasteiger partial charge in [0.15, 0.2) is 5.82 Å². The fourth-order valence-electron chi connectivity index (χ4n) is 3.15. The van der Waals surface area contributed by atoms with Crippen molar-refractivity contribution in [3.63, 3.8) is 0 Å². The van der Waals surface area contributed by atoms with Crippen molar-refractivity contribution in [1.82, 2.24) is 20.4 Å². The van der Waals surface area contributed by atoms with Crippen molar-refractivity contribution in [3.8, 4) is 0 Å². The van der Waals surface area contributed by atoms with Crippen LogP contribution in [0.3, 0.4) is 0 Å². The summed E-state index contributed by atoms with van der Waals surface area (Å²) in [5.41, 5.74) is 1.03. The average molecular weight is 465 g/mol. The Hall–Kier alpha value is -2.72. The van der Waals surface area contributed by atoms with Crippen molar-refractivity contribution in [2.75, 3.05) is 38.2 Å². The summed E-state index contributed by atoms with van der Waals surface area (Å²) in [4.78, 5) is 19.0. The number of aliphatic imine (C=N–C) groups is 1. The van der Waals surface area contributed by atoms with E-state index in [1.165, 1.54) is 18.2 Å². The highest BCUT2D eigenvalue weighted by atomic mass is 35.5. The van der Waals surface area contributed by atoms with Crippen LogP contribution in [-0.4, -0.2) is 59.8 Å². The van der Waals surface area contributed by atoms with Crippen molar-refractivity contribution >= 4 is 57.5 Å². The van der Waals surface area contributed by atoms with E-state index in [1.807, 2.05) is 4.90 Å². The molecule has 8 nitrogen and oxygen atoms in total. The predicted octanol–water partition coefficient (Wildman–Crippen LogP) is 3.56. The summed E-state index contributed by atoms with van der Waals surface area (Å²) in [7, 11) is 0. The van der Waals surface area contributed by atoms with E-state index in [4.69, 9.17) is 27.9 Å². The lowest BCUT2D eigenvalue weighted by molar-refractivity contribution is -0.121. The Morgan fingerprint density at radius 2 is 2.00 bits per heavy atom. The Morgan fingerprint density at radius 3 is 2.77 bits per heavy atom. The second-order valence-electron chi connectivity index (χ2n) is 6.92. The molecule has 31 heavy (non-hydrogen) atoms. The Bertz CT molecular complexity index is 1110. The fraction of sp³-hybridized carbons (Fsp3) is 0.250. The maximum atomic E-state index is 13.8. The van der Waals surface area contributed by atoms with Crippen LogP contribution >= 0.6 is 23.2 Å². The summed E-state index contributed by atoms with van der Waals surface area (Å²) < 4.78 is 19.1. The summed E-state index contributed by atoms with van der Waals surface area (Å²) in [5.74, 6) is -0.376. The number of nitrogens with zero attached hydrogens (tertiary/aromatic N) is 3. The molecule has 1 amide bonds. The number of morpholine rings is 1. The first-order valence-electron chi connectivity index (χ1n) is 9.52. The number of nitrogens with one attached hydrogen (secondary N) is 3. The fourth-order valence-corrected chi connectivity index (χ4v) is 3.55. The largest absolute Gasteiger partial charge is 0.379 e. The van der Waals surface area contributed by atoms with Crippen LogP contribution in [0.5, 0.6) is 0 Å². The molecule has 0 spiro atoms. The van der Waals surface area contributed by atoms with Gasteiger partial charge in [-0.1, -0.05) is 23.2 Å². The van der Waals surface area contributed by atoms with Crippen molar-refractivity contribution < 1.29 is 13.9 Å². The van der Waals surface area contributed by atoms with Crippen molar-refractivity contribution in [3.05, 3.63) is 52.3 Å². The average Bonchev–Trinajstić information content (AvgIpc) is 3.09. The van der Waals surface area contributed by atoms with Gasteiger partial charge in [-0.05, 0) is 36.4 Å². The number of halogens is 3. The highest BCUT2D eigenvalue weighted by molar-refractivity contribution is 6.31. The Morgan fingerprint density at radius 1 is 1.19 bits per heavy atom. The van der Waals surface area contributed by atoms with E-state index in [0.717, 1.165) is 0 Å². The van der Waals surface area contributed by atoms with Crippen LogP contribution < -0.4 is 10.6 Å². The zero-order chi connectivity index (χ0) is 21.8. The topological polar surface area (TPSA) is 94.6 Å². The van der Waals surface area contributed by atoms with E-state index in [2.05, 4.69) is 25.8 Å². The highest BCUT2D eigenvalue weighted by Gasteiger charge is 2.16. The lowest BCUT2D eigenvalue weighted by Gasteiger charge is -2.25. The van der Waals surface area contributed by atoms with Gasteiger partial charge in [0.25, 0.3) is 0 Å². The number of hydrogen-bond donors (Lipinski definition) is 3. The maximum absolute atomic E-state index is 13.8. The number of rotatable bonds is 4. The summed E-state index contributed by atoms with van der Waals surface area (Å²) >= 11 is 12.0. The second-order valence-corrected chi connectivity index (χ2v) is 7.79. The summed E-state index contributed by atoms with van der Waals surface area (Å²) in [5, 5.41) is 14.2. The predicted molar refractivity (Wildman–Crippen MR) is 119 cm³/mol. The lowest BCUT2D eigenvalue weighted by atomic mass is 10.2. The molecule has 0 radical (unpaired) electrons. The number of carbonyl (C=O) groups is 1. The summed E-state index contributed by atoms with van der Waals surface area (Å²) in [6, 6.07) is 9.17. The highest BCUT2D eigenvalue weighted by Crippen LogP contribution is 2.26. The van der Waals surface area contributed by atoms with E-state index in [1.54, 1.807) is 18.2 Å². The van der Waals surface area contributed by atoms with Crippen LogP contribution in [0.25, 0.3) is 10.9 Å². The molecule has 1 fully saturated rings. The van der Waals surface area contributed by atoms with Gasteiger partial charge in [-0.2, -0.15) is 10.1 Å². The number of aromatic nitrogens is 2.